The zero-order valence-electron chi connectivity index (χ0n) is 31.5. The minimum absolute atomic E-state index is 0.403. The molecule has 1 atom stereocenters. The molecule has 9 aromatic carbocycles. The summed E-state index contributed by atoms with van der Waals surface area (Å²) in [6, 6.07) is 71.4. The van der Waals surface area contributed by atoms with Crippen molar-refractivity contribution in [1.82, 2.24) is 0 Å². The molecular formula is C56H37N. The summed E-state index contributed by atoms with van der Waals surface area (Å²) in [5.74, 6) is 0. The van der Waals surface area contributed by atoms with E-state index in [1.54, 1.807) is 0 Å². The van der Waals surface area contributed by atoms with Gasteiger partial charge in [-0.25, -0.2) is 0 Å². The van der Waals surface area contributed by atoms with E-state index < -0.39 is 5.41 Å². The highest BCUT2D eigenvalue weighted by Crippen LogP contribution is 2.64. The molecule has 0 N–H and O–H groups in total. The number of benzene rings is 9. The molecule has 0 heterocycles. The number of hydrogen-bond acceptors (Lipinski definition) is 1. The highest BCUT2D eigenvalue weighted by Gasteiger charge is 2.52. The molecule has 9 aromatic rings. The molecule has 57 heavy (non-hydrogen) atoms. The topological polar surface area (TPSA) is 3.24 Å². The highest BCUT2D eigenvalue weighted by atomic mass is 15.1. The Morgan fingerprint density at radius 2 is 0.930 bits per heavy atom. The summed E-state index contributed by atoms with van der Waals surface area (Å²) in [5.41, 5.74) is 25.4. The van der Waals surface area contributed by atoms with E-state index in [0.717, 1.165) is 19.4 Å². The van der Waals surface area contributed by atoms with E-state index in [1.807, 2.05) is 0 Å². The van der Waals surface area contributed by atoms with Crippen molar-refractivity contribution < 1.29 is 0 Å². The van der Waals surface area contributed by atoms with Gasteiger partial charge in [-0.3, -0.25) is 0 Å². The van der Waals surface area contributed by atoms with Gasteiger partial charge in [0.2, 0.25) is 0 Å². The third-order valence-electron chi connectivity index (χ3n) is 13.6. The van der Waals surface area contributed by atoms with Crippen molar-refractivity contribution in [3.63, 3.8) is 0 Å². The van der Waals surface area contributed by atoms with Crippen molar-refractivity contribution in [3.05, 3.63) is 238 Å². The largest absolute Gasteiger partial charge is 0.337 e. The molecule has 1 unspecified atom stereocenters. The van der Waals surface area contributed by atoms with Crippen LogP contribution in [0.25, 0.3) is 55.3 Å². The number of anilines is 2. The van der Waals surface area contributed by atoms with Gasteiger partial charge < -0.3 is 4.90 Å². The first-order valence-corrected chi connectivity index (χ1v) is 20.3. The molecule has 0 saturated carbocycles. The van der Waals surface area contributed by atoms with E-state index in [-0.39, 0.29) is 0 Å². The fourth-order valence-corrected chi connectivity index (χ4v) is 11.2. The fraction of sp³-hybridized carbons (Fsp3) is 0.0714. The van der Waals surface area contributed by atoms with Gasteiger partial charge >= 0.3 is 0 Å². The normalized spacial score (nSPS) is 15.7. The molecule has 0 bridgehead atoms. The van der Waals surface area contributed by atoms with Crippen LogP contribution in [-0.4, -0.2) is 0 Å². The van der Waals surface area contributed by atoms with Crippen LogP contribution in [0.5, 0.6) is 0 Å². The highest BCUT2D eigenvalue weighted by molar-refractivity contribution is 6.06. The summed E-state index contributed by atoms with van der Waals surface area (Å²) < 4.78 is 0. The van der Waals surface area contributed by atoms with Crippen molar-refractivity contribution in [2.24, 2.45) is 0 Å². The third kappa shape index (κ3) is 4.18. The Labute approximate surface area is 333 Å². The van der Waals surface area contributed by atoms with Crippen molar-refractivity contribution >= 4 is 22.1 Å². The number of rotatable bonds is 4. The maximum atomic E-state index is 2.58. The summed E-state index contributed by atoms with van der Waals surface area (Å²) in [6.45, 7) is 0.742. The molecule has 1 heteroatoms. The van der Waals surface area contributed by atoms with Crippen LogP contribution in [0.4, 0.5) is 11.4 Å². The summed E-state index contributed by atoms with van der Waals surface area (Å²) in [7, 11) is 0. The zero-order chi connectivity index (χ0) is 37.2. The lowest BCUT2D eigenvalue weighted by molar-refractivity contribution is 0.793. The van der Waals surface area contributed by atoms with Gasteiger partial charge in [0.25, 0.3) is 0 Å². The zero-order valence-corrected chi connectivity index (χ0v) is 31.5. The molecule has 0 fully saturated rings. The molecule has 266 valence electrons. The van der Waals surface area contributed by atoms with Crippen LogP contribution in [0.1, 0.15) is 50.1 Å². The Morgan fingerprint density at radius 1 is 0.368 bits per heavy atom. The summed E-state index contributed by atoms with van der Waals surface area (Å²) in [4.78, 5) is 2.58. The predicted molar refractivity (Wildman–Crippen MR) is 235 cm³/mol. The van der Waals surface area contributed by atoms with E-state index in [0.29, 0.717) is 0 Å². The Kier molecular flexibility index (Phi) is 6.33. The average molecular weight is 724 g/mol. The van der Waals surface area contributed by atoms with Gasteiger partial charge in [0.05, 0.1) is 5.41 Å². The van der Waals surface area contributed by atoms with E-state index in [9.17, 15) is 0 Å². The lowest BCUT2D eigenvalue weighted by atomic mass is 9.70. The molecule has 4 aliphatic rings. The van der Waals surface area contributed by atoms with Gasteiger partial charge in [-0.05, 0) is 142 Å². The molecule has 0 aromatic heterocycles. The standard InChI is InChI=1S/C56H37N/c1-6-18-46-35(12-1)25-29-53-55(46)48-20-8-10-22-51(48)56(53)50-21-9-7-19-47(50)54-39(15-11-23-52(54)56)34-57(41-27-28-45-40(32-41)31-37-14-2-4-16-43(37)45)42-26-24-38-30-36-13-3-5-17-44(36)49(38)33-42/h1-29,32-33H,30-31,34H2. The van der Waals surface area contributed by atoms with Gasteiger partial charge in [0.1, 0.15) is 0 Å². The lowest BCUT2D eigenvalue weighted by Gasteiger charge is -2.31. The van der Waals surface area contributed by atoms with E-state index in [2.05, 4.69) is 193 Å². The second-order valence-electron chi connectivity index (χ2n) is 16.3. The molecule has 1 nitrogen and oxygen atoms in total. The number of fused-ring (bicyclic) bond motifs is 18. The van der Waals surface area contributed by atoms with Crippen LogP contribution in [0.15, 0.2) is 188 Å². The molecule has 13 rings (SSSR count). The minimum Gasteiger partial charge on any atom is -0.337 e. The van der Waals surface area contributed by atoms with Gasteiger partial charge in [-0.15, -0.1) is 0 Å². The van der Waals surface area contributed by atoms with E-state index in [4.69, 9.17) is 0 Å². The van der Waals surface area contributed by atoms with Crippen molar-refractivity contribution in [2.45, 2.75) is 24.8 Å². The third-order valence-corrected chi connectivity index (χ3v) is 13.6. The van der Waals surface area contributed by atoms with Gasteiger partial charge in [-0.2, -0.15) is 0 Å². The first-order valence-electron chi connectivity index (χ1n) is 20.3. The molecular weight excluding hydrogens is 687 g/mol. The van der Waals surface area contributed by atoms with Gasteiger partial charge in [-0.1, -0.05) is 164 Å². The Balaban J connectivity index is 1.03. The van der Waals surface area contributed by atoms with Crippen molar-refractivity contribution in [3.8, 4) is 44.5 Å². The van der Waals surface area contributed by atoms with Crippen molar-refractivity contribution in [2.75, 3.05) is 4.90 Å². The number of nitrogens with zero attached hydrogens (tertiary/aromatic N) is 1. The van der Waals surface area contributed by atoms with Crippen LogP contribution in [0.2, 0.25) is 0 Å². The second-order valence-corrected chi connectivity index (χ2v) is 16.3. The fourth-order valence-electron chi connectivity index (χ4n) is 11.2. The quantitative estimate of drug-likeness (QED) is 0.175. The van der Waals surface area contributed by atoms with E-state index in [1.165, 1.54) is 117 Å². The summed E-state index contributed by atoms with van der Waals surface area (Å²) in [6.07, 6.45) is 1.96. The maximum absolute atomic E-state index is 2.58. The van der Waals surface area contributed by atoms with Crippen molar-refractivity contribution in [1.29, 1.82) is 0 Å². The molecule has 0 amide bonds. The first kappa shape index (κ1) is 31.3. The molecule has 0 saturated heterocycles. The number of hydrogen-bond donors (Lipinski definition) is 0. The molecule has 1 spiro atoms. The molecule has 4 aliphatic carbocycles. The van der Waals surface area contributed by atoms with Crippen LogP contribution < -0.4 is 4.90 Å². The average Bonchev–Trinajstić information content (AvgIpc) is 4.00. The van der Waals surface area contributed by atoms with Gasteiger partial charge in [0.15, 0.2) is 0 Å². The second kappa shape index (κ2) is 11.5. The minimum atomic E-state index is -0.403. The maximum Gasteiger partial charge on any atom is 0.0725 e. The monoisotopic (exact) mass is 723 g/mol. The summed E-state index contributed by atoms with van der Waals surface area (Å²) in [5, 5.41) is 2.61. The van der Waals surface area contributed by atoms with Gasteiger partial charge in [0, 0.05) is 17.9 Å². The predicted octanol–water partition coefficient (Wildman–Crippen LogP) is 13.7. The van der Waals surface area contributed by atoms with Crippen LogP contribution in [0, 0.1) is 0 Å². The first-order chi connectivity index (χ1) is 28.3. The SMILES string of the molecule is c1ccc2c(c1)Cc1cc(N(Cc3cccc4c3-c3ccccc3C43c4ccccc4-c4c3ccc3ccccc43)c3ccc4c(c3)-c3ccccc3C4)ccc1-2. The summed E-state index contributed by atoms with van der Waals surface area (Å²) >= 11 is 0. The lowest BCUT2D eigenvalue weighted by Crippen LogP contribution is -2.26. The Morgan fingerprint density at radius 3 is 1.74 bits per heavy atom. The Hall–Kier alpha value is -6.96. The Bertz CT molecular complexity index is 3180. The van der Waals surface area contributed by atoms with E-state index >= 15 is 0 Å². The van der Waals surface area contributed by atoms with Crippen LogP contribution in [0.3, 0.4) is 0 Å². The molecule has 0 radical (unpaired) electrons. The molecule has 0 aliphatic heterocycles. The smallest absolute Gasteiger partial charge is 0.0725 e. The van der Waals surface area contributed by atoms with Crippen LogP contribution in [-0.2, 0) is 24.8 Å². The van der Waals surface area contributed by atoms with Crippen LogP contribution >= 0.6 is 0 Å².